The minimum atomic E-state index is -5.08. The van der Waals surface area contributed by atoms with Gasteiger partial charge in [0.15, 0.2) is 0 Å². The molecule has 0 radical (unpaired) electrons. The number of halogens is 6. The zero-order valence-electron chi connectivity index (χ0n) is 21.4. The molecule has 9 nitrogen and oxygen atoms in total. The van der Waals surface area contributed by atoms with Crippen molar-refractivity contribution < 1.29 is 50.9 Å². The Labute approximate surface area is 215 Å². The van der Waals surface area contributed by atoms with Gasteiger partial charge in [0.2, 0.25) is 0 Å². The van der Waals surface area contributed by atoms with E-state index < -0.39 is 24.3 Å². The molecule has 1 aliphatic carbocycles. The quantitative estimate of drug-likeness (QED) is 0.468. The number of aromatic nitrogens is 1. The van der Waals surface area contributed by atoms with E-state index in [2.05, 4.69) is 30.1 Å². The summed E-state index contributed by atoms with van der Waals surface area (Å²) in [5.74, 6) is -3.84. The summed E-state index contributed by atoms with van der Waals surface area (Å²) >= 11 is 0. The van der Waals surface area contributed by atoms with Crippen LogP contribution < -0.4 is 5.32 Å². The Hall–Kier alpha value is -3.10. The standard InChI is InChI=1S/C19H30N4O.2C2HF3O2/c1-13(2)20-18-16(19(24)22(3)4)11-15-7-9-23(12-14-5-6-14)10-8-17(15)21-18;2*3-2(4,5)1(6)7/h11,13-14H,5-10,12H2,1-4H3,(H,20,21);2*(H,6,7). The van der Waals surface area contributed by atoms with E-state index in [1.807, 2.05) is 0 Å². The number of carbonyl (C=O) groups excluding carboxylic acids is 1. The Morgan fingerprint density at radius 2 is 1.50 bits per heavy atom. The maximum Gasteiger partial charge on any atom is 0.490 e. The molecule has 2 heterocycles. The fourth-order valence-electron chi connectivity index (χ4n) is 3.32. The third-order valence-corrected chi connectivity index (χ3v) is 5.31. The van der Waals surface area contributed by atoms with E-state index in [0.29, 0.717) is 5.56 Å². The lowest BCUT2D eigenvalue weighted by molar-refractivity contribution is -0.193. The number of rotatable bonds is 5. The van der Waals surface area contributed by atoms with Crippen LogP contribution in [-0.4, -0.2) is 95.0 Å². The SMILES string of the molecule is CC(C)Nc1nc2c(cc1C(=O)N(C)C)CCN(CC1CC1)CC2.O=C(O)C(F)(F)F.O=C(O)C(F)(F)F. The Bertz CT molecular complexity index is 954. The lowest BCUT2D eigenvalue weighted by atomic mass is 10.0. The normalized spacial score (nSPS) is 15.7. The van der Waals surface area contributed by atoms with Crippen LogP contribution in [0.2, 0.25) is 0 Å². The van der Waals surface area contributed by atoms with Crippen LogP contribution in [0.25, 0.3) is 0 Å². The number of alkyl halides is 6. The van der Waals surface area contributed by atoms with Gasteiger partial charge in [-0.05, 0) is 50.7 Å². The van der Waals surface area contributed by atoms with Crippen molar-refractivity contribution in [2.75, 3.05) is 39.0 Å². The number of nitrogens with zero attached hydrogens (tertiary/aromatic N) is 3. The van der Waals surface area contributed by atoms with Gasteiger partial charge in [0.25, 0.3) is 5.91 Å². The summed E-state index contributed by atoms with van der Waals surface area (Å²) in [5, 5.41) is 17.6. The number of amides is 1. The average molecular weight is 559 g/mol. The zero-order valence-corrected chi connectivity index (χ0v) is 21.4. The fourth-order valence-corrected chi connectivity index (χ4v) is 3.32. The summed E-state index contributed by atoms with van der Waals surface area (Å²) in [4.78, 5) is 39.4. The van der Waals surface area contributed by atoms with Crippen molar-refractivity contribution in [3.05, 3.63) is 22.9 Å². The Morgan fingerprint density at radius 1 is 1.03 bits per heavy atom. The predicted octanol–water partition coefficient (Wildman–Crippen LogP) is 3.68. The summed E-state index contributed by atoms with van der Waals surface area (Å²) in [5.41, 5.74) is 3.10. The third-order valence-electron chi connectivity index (χ3n) is 5.31. The molecule has 1 fully saturated rings. The van der Waals surface area contributed by atoms with Crippen molar-refractivity contribution in [3.63, 3.8) is 0 Å². The second-order valence-electron chi connectivity index (χ2n) is 9.34. The highest BCUT2D eigenvalue weighted by Gasteiger charge is 2.39. The Balaban J connectivity index is 0.000000426. The molecule has 1 aromatic rings. The van der Waals surface area contributed by atoms with Crippen LogP contribution in [0.4, 0.5) is 32.2 Å². The van der Waals surface area contributed by atoms with E-state index in [1.165, 1.54) is 24.9 Å². The molecule has 1 amide bonds. The average Bonchev–Trinajstić information content (AvgIpc) is 3.60. The number of hydrogen-bond acceptors (Lipinski definition) is 6. The number of fused-ring (bicyclic) bond motifs is 1. The summed E-state index contributed by atoms with van der Waals surface area (Å²) in [6.45, 7) is 7.55. The van der Waals surface area contributed by atoms with Crippen LogP contribution >= 0.6 is 0 Å². The molecule has 1 aromatic heterocycles. The Morgan fingerprint density at radius 3 is 1.89 bits per heavy atom. The van der Waals surface area contributed by atoms with Gasteiger partial charge in [0.1, 0.15) is 5.82 Å². The number of anilines is 1. The van der Waals surface area contributed by atoms with Gasteiger partial charge >= 0.3 is 24.3 Å². The number of hydrogen-bond donors (Lipinski definition) is 3. The number of carbonyl (C=O) groups is 3. The van der Waals surface area contributed by atoms with Crippen molar-refractivity contribution in [1.82, 2.24) is 14.8 Å². The van der Waals surface area contributed by atoms with Crippen LogP contribution in [0.1, 0.15) is 48.3 Å². The second-order valence-corrected chi connectivity index (χ2v) is 9.34. The second kappa shape index (κ2) is 13.6. The largest absolute Gasteiger partial charge is 0.490 e. The summed E-state index contributed by atoms with van der Waals surface area (Å²) < 4.78 is 63.5. The number of carboxylic acid groups (broad SMARTS) is 2. The highest BCUT2D eigenvalue weighted by Crippen LogP contribution is 2.31. The first-order valence-electron chi connectivity index (χ1n) is 11.7. The van der Waals surface area contributed by atoms with Gasteiger partial charge in [0.05, 0.1) is 5.56 Å². The maximum absolute atomic E-state index is 12.6. The summed E-state index contributed by atoms with van der Waals surface area (Å²) in [7, 11) is 3.59. The number of carboxylic acids is 2. The molecule has 216 valence electrons. The van der Waals surface area contributed by atoms with E-state index in [1.54, 1.807) is 19.0 Å². The molecule has 0 aromatic carbocycles. The first kappa shape index (κ1) is 32.9. The molecule has 15 heteroatoms. The molecule has 0 bridgehead atoms. The lowest BCUT2D eigenvalue weighted by Gasteiger charge is -2.19. The van der Waals surface area contributed by atoms with Crippen LogP contribution in [0.5, 0.6) is 0 Å². The van der Waals surface area contributed by atoms with Crippen molar-refractivity contribution in [1.29, 1.82) is 0 Å². The van der Waals surface area contributed by atoms with Crippen molar-refractivity contribution >= 4 is 23.7 Å². The minimum Gasteiger partial charge on any atom is -0.475 e. The number of pyridine rings is 1. The van der Waals surface area contributed by atoms with Crippen LogP contribution in [0.15, 0.2) is 6.07 Å². The zero-order chi connectivity index (χ0) is 29.4. The predicted molar refractivity (Wildman–Crippen MR) is 125 cm³/mol. The molecular formula is C23H32F6N4O5. The topological polar surface area (TPSA) is 123 Å². The van der Waals surface area contributed by atoms with Crippen LogP contribution in [-0.2, 0) is 22.4 Å². The van der Waals surface area contributed by atoms with Crippen LogP contribution in [0, 0.1) is 5.92 Å². The lowest BCUT2D eigenvalue weighted by Crippen LogP contribution is -2.28. The van der Waals surface area contributed by atoms with Gasteiger partial charge < -0.3 is 25.3 Å². The van der Waals surface area contributed by atoms with Crippen molar-refractivity contribution in [2.24, 2.45) is 5.92 Å². The van der Waals surface area contributed by atoms with Gasteiger partial charge in [0, 0.05) is 51.9 Å². The molecule has 2 aliphatic rings. The van der Waals surface area contributed by atoms with E-state index in [-0.39, 0.29) is 11.9 Å². The van der Waals surface area contributed by atoms with E-state index in [4.69, 9.17) is 24.8 Å². The third kappa shape index (κ3) is 11.5. The molecule has 0 saturated heterocycles. The van der Waals surface area contributed by atoms with Gasteiger partial charge in [-0.15, -0.1) is 0 Å². The first-order chi connectivity index (χ1) is 17.3. The van der Waals surface area contributed by atoms with Gasteiger partial charge in [-0.2, -0.15) is 26.3 Å². The molecule has 3 rings (SSSR count). The maximum atomic E-state index is 12.6. The summed E-state index contributed by atoms with van der Waals surface area (Å²) in [6, 6.07) is 2.33. The molecular weight excluding hydrogens is 526 g/mol. The summed E-state index contributed by atoms with van der Waals surface area (Å²) in [6.07, 6.45) is -5.41. The highest BCUT2D eigenvalue weighted by molar-refractivity contribution is 5.98. The number of aliphatic carboxylic acids is 2. The molecule has 0 atom stereocenters. The van der Waals surface area contributed by atoms with E-state index in [0.717, 1.165) is 43.4 Å². The van der Waals surface area contributed by atoms with Gasteiger partial charge in [-0.3, -0.25) is 4.79 Å². The van der Waals surface area contributed by atoms with Crippen LogP contribution in [0.3, 0.4) is 0 Å². The van der Waals surface area contributed by atoms with Crippen molar-refractivity contribution in [2.45, 2.75) is 57.9 Å². The Kier molecular flexibility index (Phi) is 11.8. The van der Waals surface area contributed by atoms with Gasteiger partial charge in [-0.25, -0.2) is 14.6 Å². The molecule has 38 heavy (non-hydrogen) atoms. The fraction of sp³-hybridized carbons (Fsp3) is 0.652. The number of nitrogens with one attached hydrogen (secondary N) is 1. The van der Waals surface area contributed by atoms with E-state index in [9.17, 15) is 31.1 Å². The van der Waals surface area contributed by atoms with E-state index >= 15 is 0 Å². The molecule has 1 saturated carbocycles. The molecule has 0 spiro atoms. The highest BCUT2D eigenvalue weighted by atomic mass is 19.4. The smallest absolute Gasteiger partial charge is 0.475 e. The minimum absolute atomic E-state index is 0.0209. The van der Waals surface area contributed by atoms with Crippen molar-refractivity contribution in [3.8, 4) is 0 Å². The molecule has 1 aliphatic heterocycles. The first-order valence-corrected chi connectivity index (χ1v) is 11.7. The monoisotopic (exact) mass is 558 g/mol. The van der Waals surface area contributed by atoms with Gasteiger partial charge in [-0.1, -0.05) is 0 Å². The molecule has 3 N–H and O–H groups in total. The molecule has 0 unspecified atom stereocenters.